The van der Waals surface area contributed by atoms with Crippen molar-refractivity contribution in [3.8, 4) is 0 Å². The van der Waals surface area contributed by atoms with Gasteiger partial charge in [-0.2, -0.15) is 0 Å². The quantitative estimate of drug-likeness (QED) is 0.750. The van der Waals surface area contributed by atoms with E-state index in [0.29, 0.717) is 11.4 Å². The zero-order valence-electron chi connectivity index (χ0n) is 7.34. The molecule has 0 aromatic heterocycles. The van der Waals surface area contributed by atoms with Crippen LogP contribution >= 0.6 is 11.6 Å². The van der Waals surface area contributed by atoms with Crippen LogP contribution in [0.15, 0.2) is 24.3 Å². The van der Waals surface area contributed by atoms with Crippen LogP contribution in [0.3, 0.4) is 0 Å². The van der Waals surface area contributed by atoms with Crippen molar-refractivity contribution >= 4 is 11.6 Å². The van der Waals surface area contributed by atoms with E-state index < -0.39 is 5.60 Å². The summed E-state index contributed by atoms with van der Waals surface area (Å²) in [5, 5.41) is 10.5. The highest BCUT2D eigenvalue weighted by atomic mass is 35.5. The fraction of sp³-hybridized carbons (Fsp3) is 0.400. The molecule has 0 unspecified atom stereocenters. The molecule has 0 spiro atoms. The minimum Gasteiger partial charge on any atom is -0.385 e. The van der Waals surface area contributed by atoms with Gasteiger partial charge in [0.25, 0.3) is 0 Å². The van der Waals surface area contributed by atoms with E-state index >= 15 is 0 Å². The Morgan fingerprint density at radius 1 is 1.33 bits per heavy atom. The Morgan fingerprint density at radius 2 is 1.83 bits per heavy atom. The highest BCUT2D eigenvalue weighted by Crippen LogP contribution is 2.24. The third-order valence-corrected chi connectivity index (χ3v) is 2.41. The summed E-state index contributed by atoms with van der Waals surface area (Å²) in [5.41, 5.74) is 0.180. The molecule has 1 atom stereocenters. The zero-order valence-corrected chi connectivity index (χ0v) is 8.10. The first-order valence-corrected chi connectivity index (χ1v) is 4.42. The molecule has 1 aromatic carbocycles. The molecule has 1 nitrogen and oxygen atoms in total. The summed E-state index contributed by atoms with van der Waals surface area (Å²) in [6.07, 6.45) is 0.703. The lowest BCUT2D eigenvalue weighted by Crippen LogP contribution is -2.19. The van der Waals surface area contributed by atoms with Crippen LogP contribution in [0, 0.1) is 0 Å². The molecule has 1 N–H and O–H groups in total. The summed E-state index contributed by atoms with van der Waals surface area (Å²) in [5.74, 6) is 0. The smallest absolute Gasteiger partial charge is 0.0865 e. The summed E-state index contributed by atoms with van der Waals surface area (Å²) in [7, 11) is 0. The van der Waals surface area contributed by atoms with E-state index in [0.717, 1.165) is 5.56 Å². The van der Waals surface area contributed by atoms with Crippen LogP contribution in [0.4, 0.5) is 0 Å². The summed E-state index contributed by atoms with van der Waals surface area (Å²) in [6, 6.07) is 7.29. The second kappa shape index (κ2) is 3.46. The highest BCUT2D eigenvalue weighted by Gasteiger charge is 2.19. The van der Waals surface area contributed by atoms with Gasteiger partial charge < -0.3 is 5.11 Å². The first-order chi connectivity index (χ1) is 5.56. The SMILES string of the molecule is CC[C@](C)(O)c1ccc(Cl)cc1. The van der Waals surface area contributed by atoms with E-state index in [4.69, 9.17) is 11.6 Å². The molecule has 0 fully saturated rings. The summed E-state index contributed by atoms with van der Waals surface area (Å²) in [4.78, 5) is 0. The number of hydrogen-bond acceptors (Lipinski definition) is 1. The molecule has 2 heteroatoms. The fourth-order valence-corrected chi connectivity index (χ4v) is 1.14. The van der Waals surface area contributed by atoms with Crippen molar-refractivity contribution in [1.29, 1.82) is 0 Å². The van der Waals surface area contributed by atoms with Gasteiger partial charge in [0, 0.05) is 5.02 Å². The van der Waals surface area contributed by atoms with E-state index in [1.54, 1.807) is 19.1 Å². The van der Waals surface area contributed by atoms with Gasteiger partial charge in [-0.3, -0.25) is 0 Å². The molecule has 0 saturated heterocycles. The van der Waals surface area contributed by atoms with E-state index in [2.05, 4.69) is 0 Å². The predicted molar refractivity (Wildman–Crippen MR) is 51.3 cm³/mol. The van der Waals surface area contributed by atoms with Gasteiger partial charge in [0.15, 0.2) is 0 Å². The maximum absolute atomic E-state index is 9.84. The van der Waals surface area contributed by atoms with Gasteiger partial charge in [0.05, 0.1) is 5.60 Å². The van der Waals surface area contributed by atoms with E-state index in [9.17, 15) is 5.11 Å². The third kappa shape index (κ3) is 1.99. The lowest BCUT2D eigenvalue weighted by Gasteiger charge is -2.21. The molecule has 0 radical (unpaired) electrons. The van der Waals surface area contributed by atoms with Crippen molar-refractivity contribution in [2.24, 2.45) is 0 Å². The molecule has 1 aromatic rings. The maximum atomic E-state index is 9.84. The van der Waals surface area contributed by atoms with E-state index in [1.165, 1.54) is 0 Å². The topological polar surface area (TPSA) is 20.2 Å². The number of benzene rings is 1. The summed E-state index contributed by atoms with van der Waals surface area (Å²) < 4.78 is 0. The fourth-order valence-electron chi connectivity index (χ4n) is 1.01. The van der Waals surface area contributed by atoms with Crippen LogP contribution in [-0.4, -0.2) is 5.11 Å². The van der Waals surface area contributed by atoms with E-state index in [-0.39, 0.29) is 0 Å². The van der Waals surface area contributed by atoms with Gasteiger partial charge >= 0.3 is 0 Å². The Bertz CT molecular complexity index is 251. The molecule has 0 aliphatic rings. The van der Waals surface area contributed by atoms with Gasteiger partial charge in [-0.05, 0) is 31.0 Å². The van der Waals surface area contributed by atoms with Crippen molar-refractivity contribution in [3.63, 3.8) is 0 Å². The van der Waals surface area contributed by atoms with Crippen molar-refractivity contribution in [2.75, 3.05) is 0 Å². The molecular formula is C10H13ClO. The highest BCUT2D eigenvalue weighted by molar-refractivity contribution is 6.30. The number of aliphatic hydroxyl groups is 1. The second-order valence-electron chi connectivity index (χ2n) is 3.13. The molecule has 66 valence electrons. The zero-order chi connectivity index (χ0) is 9.19. The van der Waals surface area contributed by atoms with Crippen LogP contribution in [0.2, 0.25) is 5.02 Å². The van der Waals surface area contributed by atoms with Crippen LogP contribution in [0.1, 0.15) is 25.8 Å². The lowest BCUT2D eigenvalue weighted by atomic mass is 9.94. The third-order valence-electron chi connectivity index (χ3n) is 2.15. The lowest BCUT2D eigenvalue weighted by molar-refractivity contribution is 0.0531. The average molecular weight is 185 g/mol. The molecule has 0 saturated carbocycles. The molecule has 0 aliphatic carbocycles. The maximum Gasteiger partial charge on any atom is 0.0865 e. The first kappa shape index (κ1) is 9.56. The largest absolute Gasteiger partial charge is 0.385 e. The standard InChI is InChI=1S/C10H13ClO/c1-3-10(2,12)8-4-6-9(11)7-5-8/h4-7,12H,3H2,1-2H3/t10-/m0/s1. The second-order valence-corrected chi connectivity index (χ2v) is 3.57. The molecule has 12 heavy (non-hydrogen) atoms. The predicted octanol–water partition coefficient (Wildman–Crippen LogP) is 2.96. The minimum atomic E-state index is -0.732. The normalized spacial score (nSPS) is 15.7. The molecule has 0 bridgehead atoms. The van der Waals surface area contributed by atoms with Gasteiger partial charge in [-0.15, -0.1) is 0 Å². The Labute approximate surface area is 78.0 Å². The van der Waals surface area contributed by atoms with Crippen molar-refractivity contribution in [3.05, 3.63) is 34.9 Å². The Hall–Kier alpha value is -0.530. The van der Waals surface area contributed by atoms with Crippen LogP contribution in [0.5, 0.6) is 0 Å². The Kier molecular flexibility index (Phi) is 2.76. The van der Waals surface area contributed by atoms with Crippen LogP contribution < -0.4 is 0 Å². The van der Waals surface area contributed by atoms with Crippen LogP contribution in [-0.2, 0) is 5.60 Å². The average Bonchev–Trinajstić information content (AvgIpc) is 2.05. The molecule has 0 amide bonds. The molecule has 0 aliphatic heterocycles. The number of rotatable bonds is 2. The Morgan fingerprint density at radius 3 is 2.25 bits per heavy atom. The monoisotopic (exact) mass is 184 g/mol. The van der Waals surface area contributed by atoms with Crippen molar-refractivity contribution in [2.45, 2.75) is 25.9 Å². The Balaban J connectivity index is 2.96. The van der Waals surface area contributed by atoms with Gasteiger partial charge in [-0.25, -0.2) is 0 Å². The number of halogens is 1. The first-order valence-electron chi connectivity index (χ1n) is 4.04. The van der Waals surface area contributed by atoms with E-state index in [1.807, 2.05) is 19.1 Å². The number of hydrogen-bond donors (Lipinski definition) is 1. The molecule has 1 rings (SSSR count). The minimum absolute atomic E-state index is 0.700. The molecular weight excluding hydrogens is 172 g/mol. The van der Waals surface area contributed by atoms with Gasteiger partial charge in [-0.1, -0.05) is 30.7 Å². The summed E-state index contributed by atoms with van der Waals surface area (Å²) in [6.45, 7) is 3.75. The van der Waals surface area contributed by atoms with Gasteiger partial charge in [0.2, 0.25) is 0 Å². The summed E-state index contributed by atoms with van der Waals surface area (Å²) >= 11 is 5.72. The van der Waals surface area contributed by atoms with Crippen molar-refractivity contribution in [1.82, 2.24) is 0 Å². The van der Waals surface area contributed by atoms with Crippen molar-refractivity contribution < 1.29 is 5.11 Å². The van der Waals surface area contributed by atoms with Gasteiger partial charge in [0.1, 0.15) is 0 Å². The van der Waals surface area contributed by atoms with Crippen LogP contribution in [0.25, 0.3) is 0 Å². The molecule has 0 heterocycles.